The van der Waals surface area contributed by atoms with Gasteiger partial charge in [0.2, 0.25) is 0 Å². The van der Waals surface area contributed by atoms with Gasteiger partial charge in [-0.25, -0.2) is 9.67 Å². The van der Waals surface area contributed by atoms with Crippen LogP contribution in [0.15, 0.2) is 41.3 Å². The number of furan rings is 1. The van der Waals surface area contributed by atoms with Gasteiger partial charge < -0.3 is 15.1 Å². The minimum Gasteiger partial charge on any atom is -0.467 e. The van der Waals surface area contributed by atoms with E-state index in [1.807, 2.05) is 29.1 Å². The SMILES string of the molecule is CC(C)n1ncc2cc(NC(=S)NCc3ccco3)cnc21. The highest BCUT2D eigenvalue weighted by Gasteiger charge is 2.08. The fourth-order valence-corrected chi connectivity index (χ4v) is 2.33. The van der Waals surface area contributed by atoms with Crippen LogP contribution >= 0.6 is 12.2 Å². The zero-order chi connectivity index (χ0) is 15.5. The summed E-state index contributed by atoms with van der Waals surface area (Å²) < 4.78 is 7.14. The second kappa shape index (κ2) is 6.15. The number of thiocarbonyl (C=S) groups is 1. The molecular weight excluding hydrogens is 298 g/mol. The Bertz CT molecular complexity index is 778. The molecule has 0 unspecified atom stereocenters. The van der Waals surface area contributed by atoms with Gasteiger partial charge in [-0.05, 0) is 44.3 Å². The molecule has 0 aliphatic rings. The van der Waals surface area contributed by atoms with Crippen LogP contribution in [0.3, 0.4) is 0 Å². The zero-order valence-corrected chi connectivity index (χ0v) is 13.2. The lowest BCUT2D eigenvalue weighted by molar-refractivity contribution is 0.503. The number of nitrogens with zero attached hydrogens (tertiary/aromatic N) is 3. The van der Waals surface area contributed by atoms with Crippen molar-refractivity contribution in [3.63, 3.8) is 0 Å². The largest absolute Gasteiger partial charge is 0.467 e. The quantitative estimate of drug-likeness (QED) is 0.721. The number of pyridine rings is 1. The van der Waals surface area contributed by atoms with E-state index in [9.17, 15) is 0 Å². The van der Waals surface area contributed by atoms with Crippen molar-refractivity contribution in [2.24, 2.45) is 0 Å². The van der Waals surface area contributed by atoms with Gasteiger partial charge >= 0.3 is 0 Å². The lowest BCUT2D eigenvalue weighted by Gasteiger charge is -2.10. The van der Waals surface area contributed by atoms with Crippen molar-refractivity contribution < 1.29 is 4.42 Å². The molecule has 0 spiro atoms. The second-order valence-electron chi connectivity index (χ2n) is 5.21. The molecule has 3 aromatic rings. The van der Waals surface area contributed by atoms with Crippen molar-refractivity contribution >= 4 is 34.1 Å². The van der Waals surface area contributed by atoms with Gasteiger partial charge in [-0.15, -0.1) is 0 Å². The second-order valence-corrected chi connectivity index (χ2v) is 5.62. The molecule has 0 saturated carbocycles. The first-order valence-electron chi connectivity index (χ1n) is 7.04. The molecule has 0 aliphatic heterocycles. The summed E-state index contributed by atoms with van der Waals surface area (Å²) in [5.74, 6) is 0.830. The molecule has 3 rings (SSSR count). The van der Waals surface area contributed by atoms with Crippen molar-refractivity contribution in [1.29, 1.82) is 0 Å². The molecule has 0 radical (unpaired) electrons. The predicted octanol–water partition coefficient (Wildman–Crippen LogP) is 3.09. The van der Waals surface area contributed by atoms with Gasteiger partial charge in [0.25, 0.3) is 0 Å². The van der Waals surface area contributed by atoms with Crippen LogP contribution in [0.2, 0.25) is 0 Å². The van der Waals surface area contributed by atoms with E-state index in [2.05, 4.69) is 34.6 Å². The van der Waals surface area contributed by atoms with Crippen LogP contribution in [-0.2, 0) is 6.54 Å². The number of fused-ring (bicyclic) bond motifs is 1. The monoisotopic (exact) mass is 315 g/mol. The van der Waals surface area contributed by atoms with Gasteiger partial charge in [-0.2, -0.15) is 5.10 Å². The summed E-state index contributed by atoms with van der Waals surface area (Å²) in [5.41, 5.74) is 1.70. The molecule has 114 valence electrons. The number of nitrogens with one attached hydrogen (secondary N) is 2. The highest BCUT2D eigenvalue weighted by atomic mass is 32.1. The van der Waals surface area contributed by atoms with Crippen molar-refractivity contribution in [2.45, 2.75) is 26.4 Å². The Labute approximate surface area is 133 Å². The fourth-order valence-electron chi connectivity index (χ4n) is 2.14. The third-order valence-corrected chi connectivity index (χ3v) is 3.43. The summed E-state index contributed by atoms with van der Waals surface area (Å²) in [4.78, 5) is 4.46. The van der Waals surface area contributed by atoms with Crippen molar-refractivity contribution in [1.82, 2.24) is 20.1 Å². The van der Waals surface area contributed by atoms with Gasteiger partial charge in [0.1, 0.15) is 5.76 Å². The molecule has 7 heteroatoms. The lowest BCUT2D eigenvalue weighted by Crippen LogP contribution is -2.27. The number of hydrogen-bond donors (Lipinski definition) is 2. The van der Waals surface area contributed by atoms with Gasteiger partial charge in [-0.1, -0.05) is 0 Å². The molecule has 3 heterocycles. The summed E-state index contributed by atoms with van der Waals surface area (Å²) in [6.07, 6.45) is 5.20. The molecular formula is C15H17N5OS. The van der Waals surface area contributed by atoms with Crippen LogP contribution < -0.4 is 10.6 Å². The van der Waals surface area contributed by atoms with E-state index >= 15 is 0 Å². The fraction of sp³-hybridized carbons (Fsp3) is 0.267. The summed E-state index contributed by atoms with van der Waals surface area (Å²) in [5, 5.41) is 12.0. The molecule has 2 N–H and O–H groups in total. The van der Waals surface area contributed by atoms with Crippen LogP contribution in [-0.4, -0.2) is 19.9 Å². The van der Waals surface area contributed by atoms with E-state index in [1.54, 1.807) is 12.5 Å². The molecule has 22 heavy (non-hydrogen) atoms. The third-order valence-electron chi connectivity index (χ3n) is 3.18. The van der Waals surface area contributed by atoms with Gasteiger partial charge in [-0.3, -0.25) is 0 Å². The van der Waals surface area contributed by atoms with E-state index in [4.69, 9.17) is 16.6 Å². The summed E-state index contributed by atoms with van der Waals surface area (Å²) >= 11 is 5.27. The zero-order valence-electron chi connectivity index (χ0n) is 12.4. The van der Waals surface area contributed by atoms with Crippen LogP contribution in [0.1, 0.15) is 25.6 Å². The van der Waals surface area contributed by atoms with Gasteiger partial charge in [0, 0.05) is 11.4 Å². The van der Waals surface area contributed by atoms with Crippen LogP contribution in [0, 0.1) is 0 Å². The third kappa shape index (κ3) is 3.09. The van der Waals surface area contributed by atoms with Crippen molar-refractivity contribution in [3.8, 4) is 0 Å². The van der Waals surface area contributed by atoms with E-state index in [-0.39, 0.29) is 6.04 Å². The van der Waals surface area contributed by atoms with Crippen molar-refractivity contribution in [3.05, 3.63) is 42.6 Å². The molecule has 0 bridgehead atoms. The van der Waals surface area contributed by atoms with Gasteiger partial charge in [0.05, 0.1) is 30.9 Å². The van der Waals surface area contributed by atoms with E-state index < -0.39 is 0 Å². The van der Waals surface area contributed by atoms with E-state index in [0.29, 0.717) is 11.7 Å². The average molecular weight is 315 g/mol. The molecule has 0 aromatic carbocycles. The number of aromatic nitrogens is 3. The molecule has 0 saturated heterocycles. The maximum absolute atomic E-state index is 5.27. The van der Waals surface area contributed by atoms with E-state index in [0.717, 1.165) is 22.5 Å². The Kier molecular flexibility index (Phi) is 4.06. The first-order valence-corrected chi connectivity index (χ1v) is 7.45. The minimum absolute atomic E-state index is 0.278. The molecule has 0 atom stereocenters. The summed E-state index contributed by atoms with van der Waals surface area (Å²) in [6.45, 7) is 4.70. The lowest BCUT2D eigenvalue weighted by atomic mass is 10.3. The Hall–Kier alpha value is -2.41. The van der Waals surface area contributed by atoms with Crippen LogP contribution in [0.5, 0.6) is 0 Å². The van der Waals surface area contributed by atoms with E-state index in [1.165, 1.54) is 0 Å². The van der Waals surface area contributed by atoms with Crippen LogP contribution in [0.25, 0.3) is 11.0 Å². The Morgan fingerprint density at radius 3 is 3.00 bits per heavy atom. The first kappa shape index (κ1) is 14.5. The number of hydrogen-bond acceptors (Lipinski definition) is 4. The number of anilines is 1. The summed E-state index contributed by atoms with van der Waals surface area (Å²) in [6, 6.07) is 6.00. The maximum atomic E-state index is 5.27. The maximum Gasteiger partial charge on any atom is 0.171 e. The highest BCUT2D eigenvalue weighted by molar-refractivity contribution is 7.80. The standard InChI is InChI=1S/C15H17N5OS/c1-10(2)20-14-11(7-18-20)6-12(8-16-14)19-15(22)17-9-13-4-3-5-21-13/h3-8,10H,9H2,1-2H3,(H2,17,19,22). The van der Waals surface area contributed by atoms with Crippen LogP contribution in [0.4, 0.5) is 5.69 Å². The molecule has 3 aromatic heterocycles. The van der Waals surface area contributed by atoms with Gasteiger partial charge in [0.15, 0.2) is 10.8 Å². The predicted molar refractivity (Wildman–Crippen MR) is 89.7 cm³/mol. The summed E-state index contributed by atoms with van der Waals surface area (Å²) in [7, 11) is 0. The Morgan fingerprint density at radius 1 is 1.41 bits per heavy atom. The smallest absolute Gasteiger partial charge is 0.171 e. The molecule has 0 fully saturated rings. The normalized spacial score (nSPS) is 11.0. The highest BCUT2D eigenvalue weighted by Crippen LogP contribution is 2.18. The number of rotatable bonds is 4. The Morgan fingerprint density at radius 2 is 2.27 bits per heavy atom. The molecule has 0 amide bonds. The Balaban J connectivity index is 1.67. The first-order chi connectivity index (χ1) is 10.6. The minimum atomic E-state index is 0.278. The molecule has 6 nitrogen and oxygen atoms in total. The molecule has 0 aliphatic carbocycles. The average Bonchev–Trinajstić information content (AvgIpc) is 3.14. The topological polar surface area (TPSA) is 67.9 Å². The van der Waals surface area contributed by atoms with Crippen molar-refractivity contribution in [2.75, 3.05) is 5.32 Å².